The van der Waals surface area contributed by atoms with E-state index in [4.69, 9.17) is 5.73 Å². The fourth-order valence-corrected chi connectivity index (χ4v) is 2.46. The third kappa shape index (κ3) is 2.30. The standard InChI is InChI=1S/C16H18N4/c1-11-7-8-12(10-18-11)14(17)9-15-13-5-3-4-6-16(13)20(2)19-15/h3-8,10,14H,9,17H2,1-2H3. The van der Waals surface area contributed by atoms with Crippen LogP contribution in [-0.4, -0.2) is 14.8 Å². The fourth-order valence-electron chi connectivity index (χ4n) is 2.46. The predicted octanol–water partition coefficient (Wildman–Crippen LogP) is 2.52. The Hall–Kier alpha value is -2.20. The van der Waals surface area contributed by atoms with Crippen molar-refractivity contribution in [2.75, 3.05) is 0 Å². The minimum absolute atomic E-state index is 0.0820. The van der Waals surface area contributed by atoms with Gasteiger partial charge in [0.1, 0.15) is 0 Å². The Balaban J connectivity index is 1.91. The van der Waals surface area contributed by atoms with Crippen LogP contribution in [-0.2, 0) is 13.5 Å². The maximum absolute atomic E-state index is 6.29. The van der Waals surface area contributed by atoms with Crippen molar-refractivity contribution < 1.29 is 0 Å². The van der Waals surface area contributed by atoms with Crippen LogP contribution in [0.4, 0.5) is 0 Å². The van der Waals surface area contributed by atoms with Gasteiger partial charge in [-0.3, -0.25) is 9.67 Å². The second-order valence-corrected chi connectivity index (χ2v) is 5.13. The van der Waals surface area contributed by atoms with Crippen molar-refractivity contribution in [3.05, 3.63) is 59.5 Å². The van der Waals surface area contributed by atoms with E-state index in [9.17, 15) is 0 Å². The average Bonchev–Trinajstić information content (AvgIpc) is 2.77. The number of fused-ring (bicyclic) bond motifs is 1. The Morgan fingerprint density at radius 3 is 2.75 bits per heavy atom. The number of rotatable bonds is 3. The molecule has 2 aromatic heterocycles. The van der Waals surface area contributed by atoms with E-state index in [0.29, 0.717) is 6.42 Å². The van der Waals surface area contributed by atoms with E-state index < -0.39 is 0 Å². The smallest absolute Gasteiger partial charge is 0.0722 e. The maximum Gasteiger partial charge on any atom is 0.0722 e. The number of hydrogen-bond donors (Lipinski definition) is 1. The van der Waals surface area contributed by atoms with Gasteiger partial charge in [0.15, 0.2) is 0 Å². The zero-order valence-electron chi connectivity index (χ0n) is 11.7. The molecule has 20 heavy (non-hydrogen) atoms. The van der Waals surface area contributed by atoms with Gasteiger partial charge in [-0.2, -0.15) is 5.10 Å². The monoisotopic (exact) mass is 266 g/mol. The quantitative estimate of drug-likeness (QED) is 0.792. The molecule has 0 saturated heterocycles. The van der Waals surface area contributed by atoms with E-state index in [1.807, 2.05) is 49.1 Å². The number of nitrogens with zero attached hydrogens (tertiary/aromatic N) is 3. The molecule has 2 heterocycles. The number of para-hydroxylation sites is 1. The first-order chi connectivity index (χ1) is 9.65. The highest BCUT2D eigenvalue weighted by Crippen LogP contribution is 2.22. The zero-order valence-corrected chi connectivity index (χ0v) is 11.7. The van der Waals surface area contributed by atoms with Gasteiger partial charge in [-0.05, 0) is 24.6 Å². The number of pyridine rings is 1. The second-order valence-electron chi connectivity index (χ2n) is 5.13. The lowest BCUT2D eigenvalue weighted by Crippen LogP contribution is -2.14. The summed E-state index contributed by atoms with van der Waals surface area (Å²) in [6.45, 7) is 1.97. The minimum Gasteiger partial charge on any atom is -0.324 e. The molecule has 0 amide bonds. The van der Waals surface area contributed by atoms with Gasteiger partial charge < -0.3 is 5.73 Å². The van der Waals surface area contributed by atoms with Crippen molar-refractivity contribution in [1.82, 2.24) is 14.8 Å². The first-order valence-corrected chi connectivity index (χ1v) is 6.74. The number of aryl methyl sites for hydroxylation is 2. The summed E-state index contributed by atoms with van der Waals surface area (Å²) >= 11 is 0. The van der Waals surface area contributed by atoms with E-state index in [1.165, 1.54) is 5.39 Å². The summed E-state index contributed by atoms with van der Waals surface area (Å²) in [6, 6.07) is 12.2. The lowest BCUT2D eigenvalue weighted by molar-refractivity contribution is 0.679. The third-order valence-corrected chi connectivity index (χ3v) is 3.61. The second kappa shape index (κ2) is 5.06. The fraction of sp³-hybridized carbons (Fsp3) is 0.250. The Bertz CT molecular complexity index is 728. The Morgan fingerprint density at radius 2 is 2.00 bits per heavy atom. The number of nitrogens with two attached hydrogens (primary N) is 1. The molecule has 0 aliphatic heterocycles. The molecule has 4 heteroatoms. The van der Waals surface area contributed by atoms with Crippen molar-refractivity contribution >= 4 is 10.9 Å². The molecule has 1 unspecified atom stereocenters. The van der Waals surface area contributed by atoms with Gasteiger partial charge in [0.05, 0.1) is 11.2 Å². The summed E-state index contributed by atoms with van der Waals surface area (Å²) in [5.41, 5.74) is 10.5. The minimum atomic E-state index is -0.0820. The van der Waals surface area contributed by atoms with Crippen molar-refractivity contribution in [2.24, 2.45) is 12.8 Å². The van der Waals surface area contributed by atoms with E-state index in [-0.39, 0.29) is 6.04 Å². The highest BCUT2D eigenvalue weighted by Gasteiger charge is 2.13. The zero-order chi connectivity index (χ0) is 14.1. The van der Waals surface area contributed by atoms with E-state index in [2.05, 4.69) is 22.2 Å². The average molecular weight is 266 g/mol. The van der Waals surface area contributed by atoms with Gasteiger partial charge in [-0.1, -0.05) is 24.3 Å². The van der Waals surface area contributed by atoms with E-state index >= 15 is 0 Å². The van der Waals surface area contributed by atoms with Crippen LogP contribution in [0.5, 0.6) is 0 Å². The van der Waals surface area contributed by atoms with Crippen LogP contribution in [0, 0.1) is 6.92 Å². The van der Waals surface area contributed by atoms with Crippen LogP contribution < -0.4 is 5.73 Å². The number of benzene rings is 1. The number of hydrogen-bond acceptors (Lipinski definition) is 3. The van der Waals surface area contributed by atoms with Crippen LogP contribution in [0.15, 0.2) is 42.6 Å². The molecule has 0 fully saturated rings. The Kier molecular flexibility index (Phi) is 3.24. The Labute approximate surface area is 118 Å². The molecule has 3 aromatic rings. The molecule has 0 bridgehead atoms. The van der Waals surface area contributed by atoms with Crippen LogP contribution >= 0.6 is 0 Å². The molecule has 0 aliphatic carbocycles. The van der Waals surface area contributed by atoms with Gasteiger partial charge in [0.2, 0.25) is 0 Å². The predicted molar refractivity (Wildman–Crippen MR) is 80.3 cm³/mol. The third-order valence-electron chi connectivity index (χ3n) is 3.61. The van der Waals surface area contributed by atoms with Gasteiger partial charge in [-0.25, -0.2) is 0 Å². The maximum atomic E-state index is 6.29. The molecule has 2 N–H and O–H groups in total. The Morgan fingerprint density at radius 1 is 1.20 bits per heavy atom. The topological polar surface area (TPSA) is 56.7 Å². The molecule has 3 rings (SSSR count). The molecular weight excluding hydrogens is 248 g/mol. The molecule has 4 nitrogen and oxygen atoms in total. The van der Waals surface area contributed by atoms with Crippen molar-refractivity contribution in [2.45, 2.75) is 19.4 Å². The van der Waals surface area contributed by atoms with Crippen molar-refractivity contribution in [3.8, 4) is 0 Å². The van der Waals surface area contributed by atoms with Crippen molar-refractivity contribution in [3.63, 3.8) is 0 Å². The summed E-state index contributed by atoms with van der Waals surface area (Å²) in [5, 5.41) is 5.76. The van der Waals surface area contributed by atoms with Crippen LogP contribution in [0.25, 0.3) is 10.9 Å². The largest absolute Gasteiger partial charge is 0.324 e. The van der Waals surface area contributed by atoms with Gasteiger partial charge in [0.25, 0.3) is 0 Å². The summed E-state index contributed by atoms with van der Waals surface area (Å²) in [6.07, 6.45) is 2.57. The summed E-state index contributed by atoms with van der Waals surface area (Å²) in [5.74, 6) is 0. The molecular formula is C16H18N4. The van der Waals surface area contributed by atoms with E-state index in [1.54, 1.807) is 0 Å². The van der Waals surface area contributed by atoms with Crippen LogP contribution in [0.2, 0.25) is 0 Å². The first kappa shape index (κ1) is 12.8. The summed E-state index contributed by atoms with van der Waals surface area (Å²) in [4.78, 5) is 4.30. The van der Waals surface area contributed by atoms with Crippen LogP contribution in [0.1, 0.15) is 23.0 Å². The normalized spacial score (nSPS) is 12.8. The molecule has 0 aliphatic rings. The van der Waals surface area contributed by atoms with Gasteiger partial charge in [0, 0.05) is 36.8 Å². The number of aromatic nitrogens is 3. The lowest BCUT2D eigenvalue weighted by atomic mass is 10.0. The molecule has 102 valence electrons. The molecule has 1 aromatic carbocycles. The van der Waals surface area contributed by atoms with Gasteiger partial charge in [-0.15, -0.1) is 0 Å². The summed E-state index contributed by atoms with van der Waals surface area (Å²) in [7, 11) is 1.96. The van der Waals surface area contributed by atoms with E-state index in [0.717, 1.165) is 22.5 Å². The lowest BCUT2D eigenvalue weighted by Gasteiger charge is -2.10. The van der Waals surface area contributed by atoms with Gasteiger partial charge >= 0.3 is 0 Å². The molecule has 0 radical (unpaired) electrons. The highest BCUT2D eigenvalue weighted by atomic mass is 15.3. The molecule has 0 saturated carbocycles. The van der Waals surface area contributed by atoms with Crippen LogP contribution in [0.3, 0.4) is 0 Å². The SMILES string of the molecule is Cc1ccc(C(N)Cc2nn(C)c3ccccc23)cn1. The molecule has 1 atom stereocenters. The summed E-state index contributed by atoms with van der Waals surface area (Å²) < 4.78 is 1.91. The molecule has 0 spiro atoms. The van der Waals surface area contributed by atoms with Crippen molar-refractivity contribution in [1.29, 1.82) is 0 Å². The highest BCUT2D eigenvalue weighted by molar-refractivity contribution is 5.81. The first-order valence-electron chi connectivity index (χ1n) is 6.74.